The van der Waals surface area contributed by atoms with Crippen LogP contribution in [-0.2, 0) is 14.3 Å². The Bertz CT molecular complexity index is 854. The lowest BCUT2D eigenvalue weighted by molar-refractivity contribution is -0.143. The van der Waals surface area contributed by atoms with Gasteiger partial charge in [-0.1, -0.05) is 166 Å². The third kappa shape index (κ3) is 37.8. The average Bonchev–Trinajstić information content (AvgIpc) is 3.14. The number of hydrogen-bond acceptors (Lipinski definition) is 5. The third-order valence-corrected chi connectivity index (χ3v) is 9.88. The molecule has 0 aromatic heterocycles. The lowest BCUT2D eigenvalue weighted by Gasteiger charge is -2.19. The van der Waals surface area contributed by atoms with Gasteiger partial charge in [0.2, 0.25) is 5.91 Å². The average molecular weight is 732 g/mol. The van der Waals surface area contributed by atoms with E-state index in [9.17, 15) is 19.8 Å². The first kappa shape index (κ1) is 50.1. The predicted octanol–water partition coefficient (Wildman–Crippen LogP) is 12.6. The van der Waals surface area contributed by atoms with Crippen molar-refractivity contribution < 1.29 is 24.5 Å². The lowest BCUT2D eigenvalue weighted by atomic mass is 10.1. The zero-order valence-electron chi connectivity index (χ0n) is 34.3. The Kier molecular flexibility index (Phi) is 40.3. The van der Waals surface area contributed by atoms with Crippen LogP contribution in [-0.4, -0.2) is 47.4 Å². The van der Waals surface area contributed by atoms with Crippen LogP contribution in [0.1, 0.15) is 219 Å². The van der Waals surface area contributed by atoms with E-state index in [2.05, 4.69) is 43.5 Å². The van der Waals surface area contributed by atoms with E-state index in [-0.39, 0.29) is 18.5 Å². The van der Waals surface area contributed by atoms with Crippen LogP contribution in [0.15, 0.2) is 36.5 Å². The van der Waals surface area contributed by atoms with Crippen molar-refractivity contribution in [1.82, 2.24) is 5.32 Å². The summed E-state index contributed by atoms with van der Waals surface area (Å²) in [6, 6.07) is -0.646. The first-order valence-electron chi connectivity index (χ1n) is 22.3. The largest absolute Gasteiger partial charge is 0.466 e. The monoisotopic (exact) mass is 732 g/mol. The summed E-state index contributed by atoms with van der Waals surface area (Å²) in [7, 11) is 0. The molecular weight excluding hydrogens is 647 g/mol. The second-order valence-electron chi connectivity index (χ2n) is 15.0. The molecule has 0 aliphatic carbocycles. The standard InChI is InChI=1S/C46H85NO5/c1-3-5-7-9-11-13-18-22-26-30-34-38-44(49)43(42-48)47-45(50)39-35-31-27-23-20-16-15-17-21-25-29-33-37-41-52-46(51)40-36-32-28-24-19-14-12-10-8-6-4-2/h10,12,16,20,34,38,43-44,48-49H,3-9,11,13-15,17-19,21-33,35-37,39-42H2,1-2H3,(H,47,50)/b12-10-,20-16-,38-34+. The quantitative estimate of drug-likeness (QED) is 0.0331. The van der Waals surface area contributed by atoms with Crippen molar-refractivity contribution in [3.8, 4) is 0 Å². The van der Waals surface area contributed by atoms with Crippen LogP contribution >= 0.6 is 0 Å². The van der Waals surface area contributed by atoms with Gasteiger partial charge in [0.15, 0.2) is 0 Å². The van der Waals surface area contributed by atoms with Gasteiger partial charge >= 0.3 is 5.97 Å². The molecule has 2 unspecified atom stereocenters. The number of allylic oxidation sites excluding steroid dienone is 5. The molecule has 0 saturated carbocycles. The molecule has 0 bridgehead atoms. The SMILES string of the molecule is CCCC/C=C\CCCCCCCC(=O)OCCCCCCCC/C=C\CCCCCC(=O)NC(CO)C(O)/C=C/CCCCCCCCCCC. The Morgan fingerprint density at radius 3 is 1.44 bits per heavy atom. The minimum absolute atomic E-state index is 0.0265. The van der Waals surface area contributed by atoms with Crippen molar-refractivity contribution in [2.45, 2.75) is 231 Å². The van der Waals surface area contributed by atoms with Crippen LogP contribution in [0.25, 0.3) is 0 Å². The number of hydrogen-bond donors (Lipinski definition) is 3. The number of esters is 1. The van der Waals surface area contributed by atoms with E-state index in [0.717, 1.165) is 70.6 Å². The molecule has 304 valence electrons. The second kappa shape index (κ2) is 41.8. The molecule has 0 fully saturated rings. The Balaban J connectivity index is 3.56. The van der Waals surface area contributed by atoms with Gasteiger partial charge < -0.3 is 20.3 Å². The molecule has 1 amide bonds. The third-order valence-electron chi connectivity index (χ3n) is 9.88. The Hall–Kier alpha value is -1.92. The van der Waals surface area contributed by atoms with Crippen LogP contribution in [0.4, 0.5) is 0 Å². The first-order chi connectivity index (χ1) is 25.5. The number of ether oxygens (including phenoxy) is 1. The normalized spacial score (nSPS) is 13.1. The molecule has 0 saturated heterocycles. The highest BCUT2D eigenvalue weighted by atomic mass is 16.5. The molecule has 0 radical (unpaired) electrons. The highest BCUT2D eigenvalue weighted by molar-refractivity contribution is 5.76. The summed E-state index contributed by atoms with van der Waals surface area (Å²) >= 11 is 0. The summed E-state index contributed by atoms with van der Waals surface area (Å²) in [6.45, 7) is 4.78. The highest BCUT2D eigenvalue weighted by Crippen LogP contribution is 2.13. The lowest BCUT2D eigenvalue weighted by Crippen LogP contribution is -2.45. The van der Waals surface area contributed by atoms with Gasteiger partial charge in [0.05, 0.1) is 25.4 Å². The summed E-state index contributed by atoms with van der Waals surface area (Å²) in [4.78, 5) is 24.3. The van der Waals surface area contributed by atoms with Gasteiger partial charge in [-0.2, -0.15) is 0 Å². The van der Waals surface area contributed by atoms with Gasteiger partial charge in [0, 0.05) is 12.8 Å². The van der Waals surface area contributed by atoms with E-state index in [1.165, 1.54) is 122 Å². The molecule has 0 rings (SSSR count). The number of carbonyl (C=O) groups is 2. The Morgan fingerprint density at radius 2 is 0.923 bits per heavy atom. The minimum Gasteiger partial charge on any atom is -0.466 e. The van der Waals surface area contributed by atoms with Gasteiger partial charge in [-0.05, 0) is 77.0 Å². The zero-order valence-corrected chi connectivity index (χ0v) is 34.3. The molecule has 0 spiro atoms. The fourth-order valence-corrected chi connectivity index (χ4v) is 6.37. The van der Waals surface area contributed by atoms with Crippen molar-refractivity contribution >= 4 is 11.9 Å². The number of unbranched alkanes of at least 4 members (excludes halogenated alkanes) is 25. The van der Waals surface area contributed by atoms with Crippen LogP contribution < -0.4 is 5.32 Å². The molecule has 2 atom stereocenters. The summed E-state index contributed by atoms with van der Waals surface area (Å²) in [6.07, 6.45) is 48.4. The Labute approximate surface area is 322 Å². The number of aliphatic hydroxyl groups excluding tert-OH is 2. The highest BCUT2D eigenvalue weighted by Gasteiger charge is 2.17. The van der Waals surface area contributed by atoms with E-state index in [1.807, 2.05) is 6.08 Å². The number of aliphatic hydroxyl groups is 2. The molecular formula is C46H85NO5. The number of nitrogens with one attached hydrogen (secondary N) is 1. The maximum absolute atomic E-state index is 12.3. The van der Waals surface area contributed by atoms with Crippen molar-refractivity contribution in [1.29, 1.82) is 0 Å². The van der Waals surface area contributed by atoms with E-state index in [1.54, 1.807) is 6.08 Å². The van der Waals surface area contributed by atoms with E-state index >= 15 is 0 Å². The molecule has 0 heterocycles. The van der Waals surface area contributed by atoms with Crippen LogP contribution in [0, 0.1) is 0 Å². The zero-order chi connectivity index (χ0) is 38.0. The maximum atomic E-state index is 12.3. The smallest absolute Gasteiger partial charge is 0.305 e. The molecule has 3 N–H and O–H groups in total. The summed E-state index contributed by atoms with van der Waals surface area (Å²) in [5, 5.41) is 22.9. The number of amides is 1. The van der Waals surface area contributed by atoms with Gasteiger partial charge in [-0.3, -0.25) is 9.59 Å². The van der Waals surface area contributed by atoms with Gasteiger partial charge in [0.25, 0.3) is 0 Å². The van der Waals surface area contributed by atoms with Crippen LogP contribution in [0.5, 0.6) is 0 Å². The number of rotatable bonds is 40. The van der Waals surface area contributed by atoms with E-state index in [4.69, 9.17) is 4.74 Å². The first-order valence-corrected chi connectivity index (χ1v) is 22.3. The van der Waals surface area contributed by atoms with Crippen molar-refractivity contribution in [3.63, 3.8) is 0 Å². The van der Waals surface area contributed by atoms with Gasteiger partial charge in [-0.15, -0.1) is 0 Å². The van der Waals surface area contributed by atoms with Crippen molar-refractivity contribution in [2.75, 3.05) is 13.2 Å². The van der Waals surface area contributed by atoms with E-state index in [0.29, 0.717) is 19.4 Å². The molecule has 52 heavy (non-hydrogen) atoms. The molecule has 0 aromatic carbocycles. The summed E-state index contributed by atoms with van der Waals surface area (Å²) in [5.74, 6) is -0.128. The van der Waals surface area contributed by atoms with Crippen LogP contribution in [0.3, 0.4) is 0 Å². The molecule has 0 aromatic rings. The topological polar surface area (TPSA) is 95.9 Å². The molecule has 6 nitrogen and oxygen atoms in total. The maximum Gasteiger partial charge on any atom is 0.305 e. The second-order valence-corrected chi connectivity index (χ2v) is 15.0. The molecule has 6 heteroatoms. The predicted molar refractivity (Wildman–Crippen MR) is 222 cm³/mol. The van der Waals surface area contributed by atoms with Gasteiger partial charge in [-0.25, -0.2) is 0 Å². The summed E-state index contributed by atoms with van der Waals surface area (Å²) < 4.78 is 5.42. The Morgan fingerprint density at radius 1 is 0.519 bits per heavy atom. The minimum atomic E-state index is -0.860. The fourth-order valence-electron chi connectivity index (χ4n) is 6.37. The van der Waals surface area contributed by atoms with Gasteiger partial charge in [0.1, 0.15) is 0 Å². The van der Waals surface area contributed by atoms with Crippen LogP contribution in [0.2, 0.25) is 0 Å². The molecule has 0 aliphatic rings. The van der Waals surface area contributed by atoms with E-state index < -0.39 is 12.1 Å². The summed E-state index contributed by atoms with van der Waals surface area (Å²) in [5.41, 5.74) is 0. The van der Waals surface area contributed by atoms with Crippen molar-refractivity contribution in [2.24, 2.45) is 0 Å². The van der Waals surface area contributed by atoms with Crippen molar-refractivity contribution in [3.05, 3.63) is 36.5 Å². The molecule has 0 aliphatic heterocycles. The number of carbonyl (C=O) groups excluding carboxylic acids is 2. The fraction of sp³-hybridized carbons (Fsp3) is 0.826.